The van der Waals surface area contributed by atoms with E-state index in [0.29, 0.717) is 22.8 Å². The van der Waals surface area contributed by atoms with Crippen LogP contribution in [0.5, 0.6) is 5.75 Å². The molecule has 0 atom stereocenters. The Balaban J connectivity index is 1.40. The summed E-state index contributed by atoms with van der Waals surface area (Å²) in [6.45, 7) is 4.14. The Hall–Kier alpha value is -4.76. The van der Waals surface area contributed by atoms with Crippen molar-refractivity contribution >= 4 is 29.2 Å². The molecule has 0 aliphatic rings. The summed E-state index contributed by atoms with van der Waals surface area (Å²) in [6.07, 6.45) is -2.15. The first kappa shape index (κ1) is 28.3. The number of anilines is 2. The number of alkyl halides is 3. The molecule has 1 heterocycles. The number of rotatable bonds is 9. The van der Waals surface area contributed by atoms with Crippen LogP contribution in [0.2, 0.25) is 0 Å². The molecule has 0 unspecified atom stereocenters. The second-order valence-electron chi connectivity index (χ2n) is 8.67. The van der Waals surface area contributed by atoms with Crippen LogP contribution in [0, 0.1) is 11.3 Å². The second kappa shape index (κ2) is 12.4. The summed E-state index contributed by atoms with van der Waals surface area (Å²) in [4.78, 5) is 17.3. The second-order valence-corrected chi connectivity index (χ2v) is 9.52. The van der Waals surface area contributed by atoms with Crippen LogP contribution in [0.15, 0.2) is 90.1 Å². The molecule has 0 spiro atoms. The normalized spacial score (nSPS) is 11.7. The minimum Gasteiger partial charge on any atom is -0.406 e. The predicted octanol–water partition coefficient (Wildman–Crippen LogP) is 7.06. The highest BCUT2D eigenvalue weighted by Gasteiger charge is 2.31. The number of benzene rings is 3. The van der Waals surface area contributed by atoms with E-state index in [4.69, 9.17) is 0 Å². The van der Waals surface area contributed by atoms with Gasteiger partial charge in [0.05, 0.1) is 11.8 Å². The van der Waals surface area contributed by atoms with Gasteiger partial charge < -0.3 is 14.8 Å². The molecular formula is C28H23F3N6O2S. The summed E-state index contributed by atoms with van der Waals surface area (Å²) in [5, 5.41) is 16.3. The molecule has 204 valence electrons. The topological polar surface area (TPSA) is 105 Å². The number of carbonyl (C=O) groups is 1. The molecule has 4 aromatic rings. The third kappa shape index (κ3) is 7.42. The van der Waals surface area contributed by atoms with E-state index in [-0.39, 0.29) is 16.6 Å². The lowest BCUT2D eigenvalue weighted by Gasteiger charge is -2.14. The number of nitriles is 1. The smallest absolute Gasteiger partial charge is 0.406 e. The Labute approximate surface area is 232 Å². The molecule has 1 aromatic heterocycles. The van der Waals surface area contributed by atoms with Crippen LogP contribution in [0.25, 0.3) is 17.1 Å². The van der Waals surface area contributed by atoms with Gasteiger partial charge in [-0.3, -0.25) is 4.79 Å². The zero-order chi connectivity index (χ0) is 28.7. The van der Waals surface area contributed by atoms with Crippen molar-refractivity contribution in [2.45, 2.75) is 26.1 Å². The highest BCUT2D eigenvalue weighted by atomic mass is 32.2. The fourth-order valence-corrected chi connectivity index (χ4v) is 4.28. The van der Waals surface area contributed by atoms with Crippen LogP contribution in [0.1, 0.15) is 25.3 Å². The molecular weight excluding hydrogens is 541 g/mol. The van der Waals surface area contributed by atoms with Crippen molar-refractivity contribution in [3.05, 3.63) is 95.7 Å². The fourth-order valence-electron chi connectivity index (χ4n) is 3.62. The van der Waals surface area contributed by atoms with Gasteiger partial charge in [-0.25, -0.2) is 9.67 Å². The maximum Gasteiger partial charge on any atom is 0.573 e. The molecule has 0 radical (unpaired) electrons. The summed E-state index contributed by atoms with van der Waals surface area (Å²) in [5.41, 5.74) is 3.60. The van der Waals surface area contributed by atoms with E-state index >= 15 is 0 Å². The van der Waals surface area contributed by atoms with E-state index in [9.17, 15) is 23.2 Å². The molecule has 2 N–H and O–H groups in total. The molecule has 40 heavy (non-hydrogen) atoms. The molecule has 0 bridgehead atoms. The van der Waals surface area contributed by atoms with Crippen LogP contribution in [-0.4, -0.2) is 27.0 Å². The van der Waals surface area contributed by atoms with E-state index in [1.165, 1.54) is 41.4 Å². The van der Waals surface area contributed by atoms with Gasteiger partial charge in [-0.1, -0.05) is 32.0 Å². The third-order valence-corrected chi connectivity index (χ3v) is 6.35. The summed E-state index contributed by atoms with van der Waals surface area (Å²) in [5.74, 6) is -0.132. The molecule has 0 fully saturated rings. The minimum atomic E-state index is -4.77. The molecule has 3 aromatic carbocycles. The van der Waals surface area contributed by atoms with Crippen molar-refractivity contribution in [2.24, 2.45) is 0 Å². The molecule has 4 rings (SSSR count). The zero-order valence-corrected chi connectivity index (χ0v) is 22.1. The highest BCUT2D eigenvalue weighted by molar-refractivity contribution is 8.05. The molecule has 0 saturated carbocycles. The van der Waals surface area contributed by atoms with Gasteiger partial charge in [0.25, 0.3) is 5.91 Å². The van der Waals surface area contributed by atoms with Gasteiger partial charge in [-0.15, -0.1) is 18.3 Å². The number of allylic oxidation sites excluding steroid dienone is 1. The Bertz CT molecular complexity index is 1540. The zero-order valence-electron chi connectivity index (χ0n) is 21.3. The Morgan fingerprint density at radius 3 is 2.42 bits per heavy atom. The Kier molecular flexibility index (Phi) is 8.76. The number of hydrogen-bond acceptors (Lipinski definition) is 7. The molecule has 8 nitrogen and oxygen atoms in total. The SMILES string of the molecule is CC(C)c1ccccc1NS/C(=C\C#N)C(=O)Nc1ccc(-c2ncn(-c3ccc(OC(F)(F)F)cc3)n2)cc1. The predicted molar refractivity (Wildman–Crippen MR) is 148 cm³/mol. The van der Waals surface area contributed by atoms with E-state index in [2.05, 4.69) is 38.7 Å². The average Bonchev–Trinajstić information content (AvgIpc) is 3.41. The number of amides is 1. The molecule has 1 amide bonds. The van der Waals surface area contributed by atoms with Gasteiger partial charge in [-0.05, 0) is 78.0 Å². The lowest BCUT2D eigenvalue weighted by molar-refractivity contribution is -0.274. The van der Waals surface area contributed by atoms with Crippen molar-refractivity contribution in [2.75, 3.05) is 10.0 Å². The van der Waals surface area contributed by atoms with E-state index in [1.54, 1.807) is 24.3 Å². The Morgan fingerprint density at radius 2 is 1.77 bits per heavy atom. The number of aromatic nitrogens is 3. The molecule has 0 aliphatic carbocycles. The maximum absolute atomic E-state index is 12.9. The number of nitrogens with one attached hydrogen (secondary N) is 2. The van der Waals surface area contributed by atoms with Crippen LogP contribution in [-0.2, 0) is 4.79 Å². The maximum atomic E-state index is 12.9. The lowest BCUT2D eigenvalue weighted by atomic mass is 10.0. The number of hydrogen-bond donors (Lipinski definition) is 2. The van der Waals surface area contributed by atoms with Gasteiger partial charge >= 0.3 is 6.36 Å². The Morgan fingerprint density at radius 1 is 1.07 bits per heavy atom. The van der Waals surface area contributed by atoms with Gasteiger partial charge in [0.15, 0.2) is 5.82 Å². The van der Waals surface area contributed by atoms with Crippen LogP contribution < -0.4 is 14.8 Å². The van der Waals surface area contributed by atoms with E-state index in [0.717, 1.165) is 23.2 Å². The first-order chi connectivity index (χ1) is 19.1. The standard InChI is InChI=1S/C28H23F3N6O2S/c1-18(2)23-5-3-4-6-24(23)36-40-25(15-16-32)27(38)34-20-9-7-19(8-10-20)26-33-17-37(35-26)21-11-13-22(14-12-21)39-28(29,30)31/h3-15,17-18,36H,1-2H3,(H,34,38)/b25-15-. The van der Waals surface area contributed by atoms with Crippen molar-refractivity contribution in [3.63, 3.8) is 0 Å². The number of para-hydroxylation sites is 1. The largest absolute Gasteiger partial charge is 0.573 e. The van der Waals surface area contributed by atoms with Crippen LogP contribution in [0.4, 0.5) is 24.5 Å². The van der Waals surface area contributed by atoms with Crippen LogP contribution >= 0.6 is 11.9 Å². The summed E-state index contributed by atoms with van der Waals surface area (Å²) < 4.78 is 45.6. The fraction of sp³-hybridized carbons (Fsp3) is 0.143. The van der Waals surface area contributed by atoms with Crippen molar-refractivity contribution in [1.82, 2.24) is 14.8 Å². The summed E-state index contributed by atoms with van der Waals surface area (Å²) >= 11 is 1.05. The van der Waals surface area contributed by atoms with Gasteiger partial charge in [0.2, 0.25) is 0 Å². The molecule has 0 aliphatic heterocycles. The van der Waals surface area contributed by atoms with Crippen molar-refractivity contribution in [1.29, 1.82) is 5.26 Å². The molecule has 0 saturated heterocycles. The van der Waals surface area contributed by atoms with Crippen molar-refractivity contribution in [3.8, 4) is 28.9 Å². The third-order valence-electron chi connectivity index (χ3n) is 5.50. The van der Waals surface area contributed by atoms with E-state index in [1.807, 2.05) is 30.3 Å². The van der Waals surface area contributed by atoms with Gasteiger partial charge in [0, 0.05) is 23.0 Å². The van der Waals surface area contributed by atoms with Crippen molar-refractivity contribution < 1.29 is 22.7 Å². The summed E-state index contributed by atoms with van der Waals surface area (Å²) in [7, 11) is 0. The number of carbonyl (C=O) groups excluding carboxylic acids is 1. The van der Waals surface area contributed by atoms with E-state index < -0.39 is 12.3 Å². The minimum absolute atomic E-state index is 0.192. The number of ether oxygens (including phenoxy) is 1. The first-order valence-corrected chi connectivity index (χ1v) is 12.8. The van der Waals surface area contributed by atoms with Crippen LogP contribution in [0.3, 0.4) is 0 Å². The number of nitrogens with zero attached hydrogens (tertiary/aromatic N) is 4. The summed E-state index contributed by atoms with van der Waals surface area (Å²) in [6, 6.07) is 21.7. The van der Waals surface area contributed by atoms with Gasteiger partial charge in [-0.2, -0.15) is 5.26 Å². The van der Waals surface area contributed by atoms with Gasteiger partial charge in [0.1, 0.15) is 17.0 Å². The quantitative estimate of drug-likeness (QED) is 0.127. The highest BCUT2D eigenvalue weighted by Crippen LogP contribution is 2.29. The number of halogens is 3. The monoisotopic (exact) mass is 564 g/mol. The first-order valence-electron chi connectivity index (χ1n) is 11.9. The molecule has 12 heteroatoms. The average molecular weight is 565 g/mol. The lowest BCUT2D eigenvalue weighted by Crippen LogP contribution is -2.17.